The SMILES string of the molecule is O=C(NC1CCC(N2CCN(c3ccc(C(F)F)cn3)C2=O)CC1)c1ccc(OC(F)(F)F)cn1. The number of rotatable bonds is 6. The molecule has 8 nitrogen and oxygen atoms in total. The van der Waals surface area contributed by atoms with Crippen LogP contribution in [0.5, 0.6) is 5.75 Å². The van der Waals surface area contributed by atoms with E-state index in [0.717, 1.165) is 24.5 Å². The van der Waals surface area contributed by atoms with Crippen LogP contribution in [0.3, 0.4) is 0 Å². The number of pyridine rings is 2. The highest BCUT2D eigenvalue weighted by Crippen LogP contribution is 2.29. The lowest BCUT2D eigenvalue weighted by Gasteiger charge is -2.34. The normalized spacial score (nSPS) is 20.9. The molecule has 0 unspecified atom stereocenters. The summed E-state index contributed by atoms with van der Waals surface area (Å²) in [6.45, 7) is 0.880. The fourth-order valence-electron chi connectivity index (χ4n) is 4.29. The molecule has 1 saturated carbocycles. The van der Waals surface area contributed by atoms with Crippen LogP contribution in [0.15, 0.2) is 36.7 Å². The molecular formula is C22H22F5N5O3. The molecule has 3 heterocycles. The lowest BCUT2D eigenvalue weighted by atomic mass is 9.90. The van der Waals surface area contributed by atoms with Crippen molar-refractivity contribution < 1.29 is 36.3 Å². The minimum Gasteiger partial charge on any atom is -0.404 e. The van der Waals surface area contributed by atoms with E-state index in [0.29, 0.717) is 44.6 Å². The maximum atomic E-state index is 12.9. The van der Waals surface area contributed by atoms with Gasteiger partial charge in [0.1, 0.15) is 17.3 Å². The fraction of sp³-hybridized carbons (Fsp3) is 0.455. The largest absolute Gasteiger partial charge is 0.573 e. The Labute approximate surface area is 197 Å². The van der Waals surface area contributed by atoms with Crippen LogP contribution >= 0.6 is 0 Å². The number of hydrogen-bond donors (Lipinski definition) is 1. The van der Waals surface area contributed by atoms with Crippen molar-refractivity contribution in [1.29, 1.82) is 0 Å². The molecule has 2 aromatic heterocycles. The highest BCUT2D eigenvalue weighted by Gasteiger charge is 2.37. The van der Waals surface area contributed by atoms with E-state index in [-0.39, 0.29) is 29.4 Å². The molecular weight excluding hydrogens is 477 g/mol. The molecule has 0 bridgehead atoms. The summed E-state index contributed by atoms with van der Waals surface area (Å²) < 4.78 is 65.9. The Kier molecular flexibility index (Phi) is 7.03. The highest BCUT2D eigenvalue weighted by atomic mass is 19.4. The average molecular weight is 499 g/mol. The number of carbonyl (C=O) groups is 2. The van der Waals surface area contributed by atoms with Crippen molar-refractivity contribution in [3.05, 3.63) is 47.9 Å². The van der Waals surface area contributed by atoms with Gasteiger partial charge in [-0.25, -0.2) is 23.5 Å². The summed E-state index contributed by atoms with van der Waals surface area (Å²) in [6.07, 6.45) is -3.06. The quantitative estimate of drug-likeness (QED) is 0.599. The molecule has 2 aromatic rings. The molecule has 3 amide bonds. The number of alkyl halides is 5. The van der Waals surface area contributed by atoms with Crippen LogP contribution in [0, 0.1) is 0 Å². The zero-order chi connectivity index (χ0) is 25.2. The Morgan fingerprint density at radius 1 is 1.03 bits per heavy atom. The smallest absolute Gasteiger partial charge is 0.404 e. The van der Waals surface area contributed by atoms with Crippen molar-refractivity contribution in [2.75, 3.05) is 18.0 Å². The van der Waals surface area contributed by atoms with Gasteiger partial charge in [0.2, 0.25) is 0 Å². The minimum atomic E-state index is -4.84. The van der Waals surface area contributed by atoms with Crippen molar-refractivity contribution in [3.8, 4) is 5.75 Å². The summed E-state index contributed by atoms with van der Waals surface area (Å²) in [6, 6.07) is 4.41. The monoisotopic (exact) mass is 499 g/mol. The van der Waals surface area contributed by atoms with Crippen LogP contribution in [0.4, 0.5) is 32.6 Å². The topological polar surface area (TPSA) is 87.7 Å². The van der Waals surface area contributed by atoms with E-state index in [1.165, 1.54) is 17.0 Å². The molecule has 1 saturated heterocycles. The molecule has 2 fully saturated rings. The Hall–Kier alpha value is -3.51. The molecule has 0 atom stereocenters. The number of ether oxygens (including phenoxy) is 1. The van der Waals surface area contributed by atoms with Crippen molar-refractivity contribution >= 4 is 17.8 Å². The van der Waals surface area contributed by atoms with Crippen LogP contribution < -0.4 is 15.0 Å². The Morgan fingerprint density at radius 3 is 2.34 bits per heavy atom. The Balaban J connectivity index is 1.27. The van der Waals surface area contributed by atoms with Crippen LogP contribution in [-0.4, -0.2) is 58.3 Å². The van der Waals surface area contributed by atoms with Gasteiger partial charge in [-0.05, 0) is 49.9 Å². The third kappa shape index (κ3) is 5.95. The zero-order valence-electron chi connectivity index (χ0n) is 18.3. The number of nitrogens with zero attached hydrogens (tertiary/aromatic N) is 4. The van der Waals surface area contributed by atoms with Crippen LogP contribution in [0.1, 0.15) is 48.2 Å². The highest BCUT2D eigenvalue weighted by molar-refractivity contribution is 5.93. The maximum absolute atomic E-state index is 12.9. The van der Waals surface area contributed by atoms with Crippen LogP contribution in [0.25, 0.3) is 0 Å². The first-order valence-electron chi connectivity index (χ1n) is 11.0. The second-order valence-corrected chi connectivity index (χ2v) is 8.28. The second-order valence-electron chi connectivity index (χ2n) is 8.28. The molecule has 0 radical (unpaired) electrons. The van der Waals surface area contributed by atoms with Crippen molar-refractivity contribution in [3.63, 3.8) is 0 Å². The molecule has 13 heteroatoms. The standard InChI is InChI=1S/C22H22F5N5O3/c23-19(24)13-1-8-18(29-11-13)32-10-9-31(21(32)34)15-4-2-14(3-5-15)30-20(33)17-7-6-16(12-28-17)35-22(25,26)27/h1,6-8,11-12,14-15,19H,2-5,9-10H2,(H,30,33). The van der Waals surface area contributed by atoms with E-state index < -0.39 is 24.4 Å². The number of amides is 3. The number of halogens is 5. The van der Waals surface area contributed by atoms with Crippen molar-refractivity contribution in [1.82, 2.24) is 20.2 Å². The van der Waals surface area contributed by atoms with E-state index in [2.05, 4.69) is 20.0 Å². The van der Waals surface area contributed by atoms with Gasteiger partial charge in [-0.15, -0.1) is 13.2 Å². The molecule has 1 aliphatic carbocycles. The molecule has 2 aliphatic rings. The predicted octanol–water partition coefficient (Wildman–Crippen LogP) is 4.30. The second kappa shape index (κ2) is 10.0. The summed E-state index contributed by atoms with van der Waals surface area (Å²) >= 11 is 0. The fourth-order valence-corrected chi connectivity index (χ4v) is 4.29. The Morgan fingerprint density at radius 2 is 1.77 bits per heavy atom. The number of urea groups is 1. The summed E-state index contributed by atoms with van der Waals surface area (Å²) in [5.41, 5.74) is -0.240. The molecule has 4 rings (SSSR count). The van der Waals surface area contributed by atoms with Gasteiger partial charge in [0, 0.05) is 36.9 Å². The van der Waals surface area contributed by atoms with E-state index in [1.54, 1.807) is 4.90 Å². The van der Waals surface area contributed by atoms with E-state index >= 15 is 0 Å². The number of anilines is 1. The third-order valence-electron chi connectivity index (χ3n) is 6.02. The third-order valence-corrected chi connectivity index (χ3v) is 6.02. The summed E-state index contributed by atoms with van der Waals surface area (Å²) in [5.74, 6) is -0.699. The van der Waals surface area contributed by atoms with Gasteiger partial charge in [0.25, 0.3) is 12.3 Å². The van der Waals surface area contributed by atoms with Gasteiger partial charge >= 0.3 is 12.4 Å². The Bertz CT molecular complexity index is 1040. The van der Waals surface area contributed by atoms with E-state index in [9.17, 15) is 31.5 Å². The molecule has 1 aliphatic heterocycles. The number of hydrogen-bond acceptors (Lipinski definition) is 5. The average Bonchev–Trinajstić information content (AvgIpc) is 3.20. The van der Waals surface area contributed by atoms with Gasteiger partial charge in [-0.1, -0.05) is 0 Å². The lowest BCUT2D eigenvalue weighted by molar-refractivity contribution is -0.274. The van der Waals surface area contributed by atoms with E-state index in [1.807, 2.05) is 0 Å². The minimum absolute atomic E-state index is 0.0297. The first kappa shape index (κ1) is 24.6. The summed E-state index contributed by atoms with van der Waals surface area (Å²) in [5, 5.41) is 2.82. The first-order valence-corrected chi connectivity index (χ1v) is 11.0. The lowest BCUT2D eigenvalue weighted by Crippen LogP contribution is -2.45. The van der Waals surface area contributed by atoms with Crippen LogP contribution in [0.2, 0.25) is 0 Å². The van der Waals surface area contributed by atoms with Gasteiger partial charge in [-0.3, -0.25) is 9.69 Å². The van der Waals surface area contributed by atoms with Crippen LogP contribution in [-0.2, 0) is 0 Å². The molecule has 0 aromatic carbocycles. The number of nitrogens with one attached hydrogen (secondary N) is 1. The van der Waals surface area contributed by atoms with Gasteiger partial charge in [0.15, 0.2) is 0 Å². The number of carbonyl (C=O) groups excluding carboxylic acids is 2. The van der Waals surface area contributed by atoms with Crippen molar-refractivity contribution in [2.45, 2.75) is 50.6 Å². The van der Waals surface area contributed by atoms with Gasteiger partial charge < -0.3 is 15.0 Å². The van der Waals surface area contributed by atoms with Crippen molar-refractivity contribution in [2.24, 2.45) is 0 Å². The molecule has 1 N–H and O–H groups in total. The maximum Gasteiger partial charge on any atom is 0.573 e. The number of aromatic nitrogens is 2. The van der Waals surface area contributed by atoms with Gasteiger partial charge in [0.05, 0.1) is 6.20 Å². The zero-order valence-corrected chi connectivity index (χ0v) is 18.3. The molecule has 35 heavy (non-hydrogen) atoms. The van der Waals surface area contributed by atoms with E-state index in [4.69, 9.17) is 0 Å². The summed E-state index contributed by atoms with van der Waals surface area (Å²) in [4.78, 5) is 36.2. The summed E-state index contributed by atoms with van der Waals surface area (Å²) in [7, 11) is 0. The first-order chi connectivity index (χ1) is 16.6. The van der Waals surface area contributed by atoms with Gasteiger partial charge in [-0.2, -0.15) is 0 Å². The molecule has 188 valence electrons. The molecule has 0 spiro atoms. The predicted molar refractivity (Wildman–Crippen MR) is 113 cm³/mol.